The first kappa shape index (κ1) is 16.5. The van der Waals surface area contributed by atoms with Crippen LogP contribution < -0.4 is 16.8 Å². The Kier molecular flexibility index (Phi) is 4.14. The van der Waals surface area contributed by atoms with Crippen LogP contribution in [-0.4, -0.2) is 18.1 Å². The molecule has 0 aliphatic carbocycles. The Hall–Kier alpha value is -3.93. The fraction of sp³-hybridized carbons (Fsp3) is 0. The van der Waals surface area contributed by atoms with Crippen molar-refractivity contribution in [1.29, 1.82) is 0 Å². The summed E-state index contributed by atoms with van der Waals surface area (Å²) < 4.78 is 0. The highest BCUT2D eigenvalue weighted by atomic mass is 16.2. The Bertz CT molecular complexity index is 1140. The predicted molar refractivity (Wildman–Crippen MR) is 110 cm³/mol. The number of rotatable bonds is 3. The second-order valence-electron chi connectivity index (χ2n) is 6.16. The zero-order valence-electron chi connectivity index (χ0n) is 14.4. The molecule has 0 atom stereocenters. The van der Waals surface area contributed by atoms with Gasteiger partial charge >= 0.3 is 0 Å². The molecule has 27 heavy (non-hydrogen) atoms. The van der Waals surface area contributed by atoms with E-state index >= 15 is 0 Å². The molecule has 3 aromatic rings. The standard InChI is InChI=1S/C21H17N5O/c22-21(23)26-24-12-14-5-3-4-13(10-14)11-18-17-9-8-15-6-1-2-7-16(15)19(17)25-20(18)27/h1-12H,(H,25,27)(H4,22,23,26)/b18-11+,24-12+. The van der Waals surface area contributed by atoms with Crippen molar-refractivity contribution >= 4 is 46.2 Å². The number of amides is 1. The van der Waals surface area contributed by atoms with Crippen LogP contribution in [0.2, 0.25) is 0 Å². The van der Waals surface area contributed by atoms with Gasteiger partial charge in [-0.3, -0.25) is 4.79 Å². The monoisotopic (exact) mass is 355 g/mol. The lowest BCUT2D eigenvalue weighted by Gasteiger charge is -2.04. The molecule has 1 amide bonds. The average molecular weight is 355 g/mol. The smallest absolute Gasteiger partial charge is 0.256 e. The lowest BCUT2D eigenvalue weighted by Crippen LogP contribution is -2.21. The fourth-order valence-corrected chi connectivity index (χ4v) is 3.14. The van der Waals surface area contributed by atoms with Crippen molar-refractivity contribution in [1.82, 2.24) is 0 Å². The molecule has 0 aromatic heterocycles. The van der Waals surface area contributed by atoms with Gasteiger partial charge in [0, 0.05) is 16.5 Å². The van der Waals surface area contributed by atoms with E-state index in [1.807, 2.05) is 66.7 Å². The van der Waals surface area contributed by atoms with Gasteiger partial charge in [-0.05, 0) is 28.7 Å². The number of guanidine groups is 1. The lowest BCUT2D eigenvalue weighted by molar-refractivity contribution is -0.110. The normalized spacial score (nSPS) is 14.5. The van der Waals surface area contributed by atoms with Gasteiger partial charge in [0.05, 0.1) is 11.9 Å². The van der Waals surface area contributed by atoms with Crippen LogP contribution in [-0.2, 0) is 4.79 Å². The van der Waals surface area contributed by atoms with E-state index in [2.05, 4.69) is 15.5 Å². The van der Waals surface area contributed by atoms with E-state index in [4.69, 9.17) is 11.5 Å². The van der Waals surface area contributed by atoms with Crippen molar-refractivity contribution in [3.63, 3.8) is 0 Å². The highest BCUT2D eigenvalue weighted by Gasteiger charge is 2.25. The number of hydrogen-bond donors (Lipinski definition) is 3. The first-order chi connectivity index (χ1) is 13.1. The molecule has 6 nitrogen and oxygen atoms in total. The highest BCUT2D eigenvalue weighted by Crippen LogP contribution is 2.38. The minimum absolute atomic E-state index is 0.101. The quantitative estimate of drug-likeness (QED) is 0.291. The van der Waals surface area contributed by atoms with Crippen LogP contribution in [0.25, 0.3) is 22.4 Å². The Balaban J connectivity index is 1.74. The van der Waals surface area contributed by atoms with Crippen molar-refractivity contribution in [2.24, 2.45) is 21.7 Å². The SMILES string of the molecule is NC(N)=N/N=C/c1cccc(/C=C2/C(=O)Nc3c2ccc2ccccc32)c1. The van der Waals surface area contributed by atoms with E-state index in [0.717, 1.165) is 33.2 Å². The van der Waals surface area contributed by atoms with Gasteiger partial charge in [-0.2, -0.15) is 5.10 Å². The predicted octanol–water partition coefficient (Wildman–Crippen LogP) is 2.94. The molecule has 1 heterocycles. The van der Waals surface area contributed by atoms with Crippen LogP contribution in [0.3, 0.4) is 0 Å². The van der Waals surface area contributed by atoms with Crippen LogP contribution in [0, 0.1) is 0 Å². The van der Waals surface area contributed by atoms with Crippen molar-refractivity contribution in [2.75, 3.05) is 5.32 Å². The molecule has 0 fully saturated rings. The first-order valence-electron chi connectivity index (χ1n) is 8.39. The molecule has 6 heteroatoms. The van der Waals surface area contributed by atoms with Crippen LogP contribution in [0.15, 0.2) is 70.9 Å². The summed E-state index contributed by atoms with van der Waals surface area (Å²) in [5, 5.41) is 12.5. The summed E-state index contributed by atoms with van der Waals surface area (Å²) in [6.07, 6.45) is 3.42. The molecule has 0 spiro atoms. The van der Waals surface area contributed by atoms with E-state index in [1.54, 1.807) is 6.21 Å². The molecular formula is C21H17N5O. The number of nitrogens with two attached hydrogens (primary N) is 2. The second kappa shape index (κ2) is 6.76. The topological polar surface area (TPSA) is 106 Å². The average Bonchev–Trinajstić information content (AvgIpc) is 2.98. The largest absolute Gasteiger partial charge is 0.369 e. The summed E-state index contributed by atoms with van der Waals surface area (Å²) >= 11 is 0. The summed E-state index contributed by atoms with van der Waals surface area (Å²) in [5.41, 5.74) is 14.6. The summed E-state index contributed by atoms with van der Waals surface area (Å²) in [6, 6.07) is 19.6. The highest BCUT2D eigenvalue weighted by molar-refractivity contribution is 6.37. The number of benzene rings is 3. The number of fused-ring (bicyclic) bond motifs is 3. The van der Waals surface area contributed by atoms with Crippen molar-refractivity contribution in [3.8, 4) is 0 Å². The van der Waals surface area contributed by atoms with Gasteiger partial charge < -0.3 is 16.8 Å². The third-order valence-corrected chi connectivity index (χ3v) is 4.30. The maximum absolute atomic E-state index is 12.6. The minimum Gasteiger partial charge on any atom is -0.369 e. The van der Waals surface area contributed by atoms with Gasteiger partial charge in [0.1, 0.15) is 0 Å². The number of hydrogen-bond acceptors (Lipinski definition) is 3. The first-order valence-corrected chi connectivity index (χ1v) is 8.39. The van der Waals surface area contributed by atoms with Crippen LogP contribution >= 0.6 is 0 Å². The maximum Gasteiger partial charge on any atom is 0.256 e. The molecule has 0 radical (unpaired) electrons. The molecule has 3 aromatic carbocycles. The third-order valence-electron chi connectivity index (χ3n) is 4.30. The Morgan fingerprint density at radius 3 is 2.63 bits per heavy atom. The third kappa shape index (κ3) is 3.28. The Morgan fingerprint density at radius 2 is 1.78 bits per heavy atom. The summed E-state index contributed by atoms with van der Waals surface area (Å²) in [5.74, 6) is -0.211. The van der Waals surface area contributed by atoms with E-state index in [9.17, 15) is 4.79 Å². The van der Waals surface area contributed by atoms with Gasteiger partial charge in [0.2, 0.25) is 5.96 Å². The maximum atomic E-state index is 12.6. The van der Waals surface area contributed by atoms with Gasteiger partial charge in [-0.15, -0.1) is 5.10 Å². The molecule has 0 saturated heterocycles. The molecule has 4 rings (SSSR count). The molecule has 5 N–H and O–H groups in total. The minimum atomic E-state index is -0.110. The van der Waals surface area contributed by atoms with E-state index < -0.39 is 0 Å². The molecule has 132 valence electrons. The number of anilines is 1. The molecule has 1 aliphatic heterocycles. The number of carbonyl (C=O) groups excluding carboxylic acids is 1. The number of nitrogens with one attached hydrogen (secondary N) is 1. The van der Waals surface area contributed by atoms with Gasteiger partial charge in [0.25, 0.3) is 5.91 Å². The van der Waals surface area contributed by atoms with Gasteiger partial charge in [-0.1, -0.05) is 54.6 Å². The van der Waals surface area contributed by atoms with Gasteiger partial charge in [-0.25, -0.2) is 0 Å². The summed E-state index contributed by atoms with van der Waals surface area (Å²) in [6.45, 7) is 0. The van der Waals surface area contributed by atoms with Gasteiger partial charge in [0.15, 0.2) is 0 Å². The van der Waals surface area contributed by atoms with E-state index in [0.29, 0.717) is 5.57 Å². The van der Waals surface area contributed by atoms with E-state index in [1.165, 1.54) is 0 Å². The summed E-state index contributed by atoms with van der Waals surface area (Å²) in [4.78, 5) is 12.6. The molecular weight excluding hydrogens is 338 g/mol. The number of carbonyl (C=O) groups is 1. The second-order valence-corrected chi connectivity index (χ2v) is 6.16. The Labute approximate surface area is 155 Å². The summed E-state index contributed by atoms with van der Waals surface area (Å²) in [7, 11) is 0. The zero-order chi connectivity index (χ0) is 18.8. The molecule has 0 unspecified atom stereocenters. The lowest BCUT2D eigenvalue weighted by atomic mass is 9.99. The van der Waals surface area contributed by atoms with Crippen molar-refractivity contribution in [2.45, 2.75) is 0 Å². The fourth-order valence-electron chi connectivity index (χ4n) is 3.14. The Morgan fingerprint density at radius 1 is 0.963 bits per heavy atom. The molecule has 0 saturated carbocycles. The van der Waals surface area contributed by atoms with Crippen LogP contribution in [0.5, 0.6) is 0 Å². The number of nitrogens with zero attached hydrogens (tertiary/aromatic N) is 2. The van der Waals surface area contributed by atoms with E-state index in [-0.39, 0.29) is 11.9 Å². The van der Waals surface area contributed by atoms with Crippen molar-refractivity contribution in [3.05, 3.63) is 77.4 Å². The zero-order valence-corrected chi connectivity index (χ0v) is 14.4. The molecule has 1 aliphatic rings. The van der Waals surface area contributed by atoms with Crippen molar-refractivity contribution < 1.29 is 4.79 Å². The van der Waals surface area contributed by atoms with Crippen LogP contribution in [0.1, 0.15) is 16.7 Å². The molecule has 0 bridgehead atoms. The van der Waals surface area contributed by atoms with Crippen LogP contribution in [0.4, 0.5) is 5.69 Å².